The molecule has 2 aromatic rings. The number of hydrogen-bond acceptors (Lipinski definition) is 4. The SMILES string of the molecule is C=C(O)C1(NC(=O)OCC2c3ccccc3-c3ccccc32)CCNC1. The molecule has 1 unspecified atom stereocenters. The van der Waals surface area contributed by atoms with Crippen molar-refractivity contribution in [2.45, 2.75) is 17.9 Å². The van der Waals surface area contributed by atoms with Crippen LogP contribution in [0.4, 0.5) is 4.79 Å². The Morgan fingerprint density at radius 2 is 1.81 bits per heavy atom. The maximum Gasteiger partial charge on any atom is 0.408 e. The summed E-state index contributed by atoms with van der Waals surface area (Å²) in [6, 6.07) is 16.4. The summed E-state index contributed by atoms with van der Waals surface area (Å²) in [6.45, 7) is 5.02. The van der Waals surface area contributed by atoms with Gasteiger partial charge >= 0.3 is 6.09 Å². The molecule has 1 saturated heterocycles. The first-order valence-electron chi connectivity index (χ1n) is 8.83. The molecular weight excluding hydrogens is 328 g/mol. The minimum atomic E-state index is -0.845. The van der Waals surface area contributed by atoms with Crippen molar-refractivity contribution in [3.63, 3.8) is 0 Å². The standard InChI is InChI=1S/C21H22N2O3/c1-14(24)21(10-11-22-13-21)23-20(25)26-12-19-17-8-4-2-6-15(17)16-7-3-5-9-18(16)19/h2-9,19,22,24H,1,10-13H2,(H,23,25). The minimum Gasteiger partial charge on any atom is -0.510 e. The molecule has 2 aliphatic rings. The van der Waals surface area contributed by atoms with Crippen molar-refractivity contribution in [1.82, 2.24) is 10.6 Å². The summed E-state index contributed by atoms with van der Waals surface area (Å²) in [4.78, 5) is 12.4. The molecule has 4 rings (SSSR count). The van der Waals surface area contributed by atoms with Gasteiger partial charge in [0, 0.05) is 12.5 Å². The van der Waals surface area contributed by atoms with Crippen molar-refractivity contribution in [3.8, 4) is 11.1 Å². The second kappa shape index (κ2) is 6.50. The number of carbonyl (C=O) groups excluding carboxylic acids is 1. The lowest BCUT2D eigenvalue weighted by Crippen LogP contribution is -2.51. The average Bonchev–Trinajstić information content (AvgIpc) is 3.24. The fraction of sp³-hybridized carbons (Fsp3) is 0.286. The number of ether oxygens (including phenoxy) is 1. The molecule has 26 heavy (non-hydrogen) atoms. The van der Waals surface area contributed by atoms with E-state index in [-0.39, 0.29) is 18.3 Å². The normalized spacial score (nSPS) is 21.1. The van der Waals surface area contributed by atoms with Gasteiger partial charge in [0.15, 0.2) is 0 Å². The highest BCUT2D eigenvalue weighted by Crippen LogP contribution is 2.44. The molecule has 5 nitrogen and oxygen atoms in total. The second-order valence-electron chi connectivity index (χ2n) is 6.91. The van der Waals surface area contributed by atoms with Gasteiger partial charge in [-0.15, -0.1) is 0 Å². The lowest BCUT2D eigenvalue weighted by atomic mass is 9.97. The molecule has 3 N–H and O–H groups in total. The van der Waals surface area contributed by atoms with Crippen molar-refractivity contribution < 1.29 is 14.6 Å². The third kappa shape index (κ3) is 2.74. The molecule has 5 heteroatoms. The molecule has 1 aliphatic carbocycles. The van der Waals surface area contributed by atoms with E-state index in [1.165, 1.54) is 22.3 Å². The zero-order chi connectivity index (χ0) is 18.1. The number of fused-ring (bicyclic) bond motifs is 3. The Kier molecular flexibility index (Phi) is 4.17. The van der Waals surface area contributed by atoms with E-state index in [9.17, 15) is 9.90 Å². The molecule has 0 bridgehead atoms. The van der Waals surface area contributed by atoms with Gasteiger partial charge in [0.2, 0.25) is 0 Å². The highest BCUT2D eigenvalue weighted by atomic mass is 16.5. The number of amides is 1. The van der Waals surface area contributed by atoms with E-state index >= 15 is 0 Å². The number of carbonyl (C=O) groups is 1. The van der Waals surface area contributed by atoms with Gasteiger partial charge in [-0.1, -0.05) is 55.1 Å². The maximum absolute atomic E-state index is 12.4. The van der Waals surface area contributed by atoms with Gasteiger partial charge in [0.1, 0.15) is 17.9 Å². The largest absolute Gasteiger partial charge is 0.510 e. The lowest BCUT2D eigenvalue weighted by molar-refractivity contribution is 0.128. The maximum atomic E-state index is 12.4. The van der Waals surface area contributed by atoms with Gasteiger partial charge < -0.3 is 20.5 Å². The van der Waals surface area contributed by atoms with Crippen LogP contribution in [0.3, 0.4) is 0 Å². The minimum absolute atomic E-state index is 0.0168. The van der Waals surface area contributed by atoms with Gasteiger partial charge in [-0.3, -0.25) is 0 Å². The number of alkyl carbamates (subject to hydrolysis) is 1. The monoisotopic (exact) mass is 350 g/mol. The molecule has 1 atom stereocenters. The Morgan fingerprint density at radius 1 is 1.19 bits per heavy atom. The summed E-state index contributed by atoms with van der Waals surface area (Å²) in [5.74, 6) is -0.0286. The van der Waals surface area contributed by atoms with Crippen LogP contribution in [0.5, 0.6) is 0 Å². The Bertz CT molecular complexity index is 810. The third-order valence-electron chi connectivity index (χ3n) is 5.39. The van der Waals surface area contributed by atoms with Gasteiger partial charge in [-0.05, 0) is 35.2 Å². The first-order valence-corrected chi connectivity index (χ1v) is 8.83. The number of rotatable bonds is 4. The van der Waals surface area contributed by atoms with Crippen LogP contribution in [0.15, 0.2) is 60.9 Å². The predicted octanol–water partition coefficient (Wildman–Crippen LogP) is 3.33. The van der Waals surface area contributed by atoms with Crippen LogP contribution in [0.2, 0.25) is 0 Å². The van der Waals surface area contributed by atoms with E-state index in [0.29, 0.717) is 19.5 Å². The van der Waals surface area contributed by atoms with E-state index in [1.54, 1.807) is 0 Å². The van der Waals surface area contributed by atoms with Crippen molar-refractivity contribution >= 4 is 6.09 Å². The van der Waals surface area contributed by atoms with E-state index in [4.69, 9.17) is 4.74 Å². The number of nitrogens with one attached hydrogen (secondary N) is 2. The lowest BCUT2D eigenvalue weighted by Gasteiger charge is -2.28. The first kappa shape index (κ1) is 16.7. The van der Waals surface area contributed by atoms with Crippen LogP contribution >= 0.6 is 0 Å². The summed E-state index contributed by atoms with van der Waals surface area (Å²) < 4.78 is 5.55. The summed E-state index contributed by atoms with van der Waals surface area (Å²) in [5.41, 5.74) is 3.88. The fourth-order valence-electron chi connectivity index (χ4n) is 3.95. The van der Waals surface area contributed by atoms with Crippen molar-refractivity contribution in [2.24, 2.45) is 0 Å². The smallest absolute Gasteiger partial charge is 0.408 e. The average molecular weight is 350 g/mol. The Hall–Kier alpha value is -2.79. The zero-order valence-corrected chi connectivity index (χ0v) is 14.5. The third-order valence-corrected chi connectivity index (χ3v) is 5.39. The van der Waals surface area contributed by atoms with Crippen molar-refractivity contribution in [3.05, 3.63) is 72.0 Å². The second-order valence-corrected chi connectivity index (χ2v) is 6.91. The molecule has 1 fully saturated rings. The highest BCUT2D eigenvalue weighted by molar-refractivity contribution is 5.79. The van der Waals surface area contributed by atoms with Gasteiger partial charge in [-0.2, -0.15) is 0 Å². The Balaban J connectivity index is 1.50. The number of hydrogen-bond donors (Lipinski definition) is 3. The van der Waals surface area contributed by atoms with E-state index in [0.717, 1.165) is 0 Å². The van der Waals surface area contributed by atoms with Crippen LogP contribution < -0.4 is 10.6 Å². The van der Waals surface area contributed by atoms with Gasteiger partial charge in [0.05, 0.1) is 0 Å². The quantitative estimate of drug-likeness (QED) is 0.740. The molecule has 1 heterocycles. The topological polar surface area (TPSA) is 70.6 Å². The molecular formula is C21H22N2O3. The number of benzene rings is 2. The summed E-state index contributed by atoms with van der Waals surface area (Å²) in [6.07, 6.45) is 0.0535. The van der Waals surface area contributed by atoms with Crippen LogP contribution in [0.1, 0.15) is 23.5 Å². The molecule has 1 aliphatic heterocycles. The van der Waals surface area contributed by atoms with Gasteiger partial charge in [0.25, 0.3) is 0 Å². The van der Waals surface area contributed by atoms with Crippen LogP contribution in [-0.4, -0.2) is 36.4 Å². The first-order chi connectivity index (χ1) is 12.6. The van der Waals surface area contributed by atoms with Gasteiger partial charge in [-0.25, -0.2) is 4.79 Å². The molecule has 1 amide bonds. The summed E-state index contributed by atoms with van der Waals surface area (Å²) in [7, 11) is 0. The Labute approximate surface area is 152 Å². The zero-order valence-electron chi connectivity index (χ0n) is 14.5. The summed E-state index contributed by atoms with van der Waals surface area (Å²) >= 11 is 0. The number of aliphatic hydroxyl groups is 1. The Morgan fingerprint density at radius 3 is 2.35 bits per heavy atom. The van der Waals surface area contributed by atoms with Crippen LogP contribution in [0, 0.1) is 0 Å². The van der Waals surface area contributed by atoms with E-state index in [2.05, 4.69) is 41.5 Å². The molecule has 0 radical (unpaired) electrons. The molecule has 0 spiro atoms. The van der Waals surface area contributed by atoms with Crippen LogP contribution in [-0.2, 0) is 4.74 Å². The van der Waals surface area contributed by atoms with Crippen molar-refractivity contribution in [1.29, 1.82) is 0 Å². The number of aliphatic hydroxyl groups excluding tert-OH is 1. The highest BCUT2D eigenvalue weighted by Gasteiger charge is 2.39. The van der Waals surface area contributed by atoms with Crippen LogP contribution in [0.25, 0.3) is 11.1 Å². The summed E-state index contributed by atoms with van der Waals surface area (Å²) in [5, 5.41) is 15.8. The van der Waals surface area contributed by atoms with E-state index in [1.807, 2.05) is 24.3 Å². The fourth-order valence-corrected chi connectivity index (χ4v) is 3.95. The predicted molar refractivity (Wildman–Crippen MR) is 100 cm³/mol. The molecule has 134 valence electrons. The van der Waals surface area contributed by atoms with E-state index < -0.39 is 11.6 Å². The molecule has 0 aromatic heterocycles. The molecule has 2 aromatic carbocycles. The molecule has 0 saturated carbocycles. The van der Waals surface area contributed by atoms with Crippen molar-refractivity contribution in [2.75, 3.05) is 19.7 Å².